The van der Waals surface area contributed by atoms with E-state index in [-0.39, 0.29) is 38.3 Å². The first-order valence-corrected chi connectivity index (χ1v) is 6.34. The maximum Gasteiger partial charge on any atom is 0.194 e. The molecule has 1 heterocycles. The van der Waals surface area contributed by atoms with Crippen LogP contribution in [-0.2, 0) is 39.8 Å². The molecule has 0 aliphatic heterocycles. The Kier molecular flexibility index (Phi) is 6.88. The summed E-state index contributed by atoms with van der Waals surface area (Å²) in [4.78, 5) is 11.7. The van der Waals surface area contributed by atoms with Crippen LogP contribution in [0.2, 0.25) is 0 Å². The molecule has 0 bridgehead atoms. The Morgan fingerprint density at radius 1 is 1.33 bits per heavy atom. The molecule has 0 fully saturated rings. The molecule has 105 valence electrons. The van der Waals surface area contributed by atoms with Crippen LogP contribution in [0.1, 0.15) is 12.5 Å². The van der Waals surface area contributed by atoms with Crippen molar-refractivity contribution in [3.8, 4) is 28.8 Å². The van der Waals surface area contributed by atoms with Crippen molar-refractivity contribution in [3.63, 3.8) is 0 Å². The smallest absolute Gasteiger partial charge is 0.194 e. The summed E-state index contributed by atoms with van der Waals surface area (Å²) in [6.07, 6.45) is 0. The summed E-state index contributed by atoms with van der Waals surface area (Å²) < 4.78 is 7.11. The third kappa shape index (κ3) is 4.30. The molecular weight excluding hydrogens is 339 g/mol. The Morgan fingerprint density at radius 2 is 2.10 bits per heavy atom. The minimum atomic E-state index is -0.0447. The number of aromatic nitrogens is 1. The zero-order chi connectivity index (χ0) is 14.5. The maximum absolute atomic E-state index is 11.7. The van der Waals surface area contributed by atoms with E-state index >= 15 is 0 Å². The van der Waals surface area contributed by atoms with Crippen LogP contribution in [0, 0.1) is 24.8 Å². The summed E-state index contributed by atoms with van der Waals surface area (Å²) in [6, 6.07) is 12.0. The van der Waals surface area contributed by atoms with Crippen LogP contribution >= 0.6 is 0 Å². The van der Waals surface area contributed by atoms with Crippen molar-refractivity contribution in [2.45, 2.75) is 13.8 Å². The molecular formula is C17H16NO2Y-. The largest absolute Gasteiger partial charge is 0.481 e. The van der Waals surface area contributed by atoms with Crippen LogP contribution < -0.4 is 10.3 Å². The van der Waals surface area contributed by atoms with Gasteiger partial charge in [-0.25, -0.2) is 0 Å². The van der Waals surface area contributed by atoms with Crippen molar-refractivity contribution in [1.82, 2.24) is 4.57 Å². The molecule has 3 nitrogen and oxygen atoms in total. The summed E-state index contributed by atoms with van der Waals surface area (Å²) in [5.41, 5.74) is 2.73. The fourth-order valence-corrected chi connectivity index (χ4v) is 1.95. The predicted octanol–water partition coefficient (Wildman–Crippen LogP) is 2.56. The number of aryl methyl sites for hydroxylation is 1. The molecule has 0 amide bonds. The van der Waals surface area contributed by atoms with Gasteiger partial charge in [-0.2, -0.15) is 12.1 Å². The standard InChI is InChI=1S/C17H16NO2.Y/c1-4-5-11-20-14-9-10-15(13(2)12-14)16-7-6-8-17(19)18(16)3;/h6,8-10,12H,11H2,1-3H3;/q-1;. The second-order valence-corrected chi connectivity index (χ2v) is 4.42. The summed E-state index contributed by atoms with van der Waals surface area (Å²) in [6.45, 7) is 4.15. The van der Waals surface area contributed by atoms with E-state index < -0.39 is 0 Å². The molecule has 2 aromatic rings. The summed E-state index contributed by atoms with van der Waals surface area (Å²) in [5, 5.41) is 0. The van der Waals surface area contributed by atoms with Gasteiger partial charge in [0, 0.05) is 39.8 Å². The normalized spacial score (nSPS) is 9.29. The number of nitrogens with zero attached hydrogens (tertiary/aromatic N) is 1. The van der Waals surface area contributed by atoms with Crippen LogP contribution in [0.4, 0.5) is 0 Å². The number of pyridine rings is 1. The third-order valence-corrected chi connectivity index (χ3v) is 3.05. The second kappa shape index (κ2) is 8.17. The van der Waals surface area contributed by atoms with Gasteiger partial charge in [0.15, 0.2) is 5.56 Å². The molecule has 1 radical (unpaired) electrons. The van der Waals surface area contributed by atoms with E-state index in [1.54, 1.807) is 24.6 Å². The average molecular weight is 355 g/mol. The molecule has 0 unspecified atom stereocenters. The first kappa shape index (κ1) is 17.7. The minimum Gasteiger partial charge on any atom is -0.481 e. The quantitative estimate of drug-likeness (QED) is 0.626. The number of hydrogen-bond donors (Lipinski definition) is 0. The Balaban J connectivity index is 0.00000220. The molecule has 0 spiro atoms. The van der Waals surface area contributed by atoms with E-state index in [4.69, 9.17) is 4.74 Å². The van der Waals surface area contributed by atoms with E-state index in [9.17, 15) is 4.79 Å². The van der Waals surface area contributed by atoms with Gasteiger partial charge in [-0.05, 0) is 19.1 Å². The summed E-state index contributed by atoms with van der Waals surface area (Å²) in [7, 11) is 1.74. The van der Waals surface area contributed by atoms with Gasteiger partial charge in [-0.1, -0.05) is 35.7 Å². The van der Waals surface area contributed by atoms with Gasteiger partial charge in [0.05, 0.1) is 0 Å². The van der Waals surface area contributed by atoms with Crippen molar-refractivity contribution in [1.29, 1.82) is 0 Å². The van der Waals surface area contributed by atoms with E-state index in [0.29, 0.717) is 6.61 Å². The van der Waals surface area contributed by atoms with E-state index in [0.717, 1.165) is 22.6 Å². The Bertz CT molecular complexity index is 738. The zero-order valence-electron chi connectivity index (χ0n) is 12.4. The van der Waals surface area contributed by atoms with Crippen LogP contribution in [-0.4, -0.2) is 11.2 Å². The first-order valence-electron chi connectivity index (χ1n) is 6.34. The molecule has 4 heteroatoms. The third-order valence-electron chi connectivity index (χ3n) is 3.05. The summed E-state index contributed by atoms with van der Waals surface area (Å²) >= 11 is 0. The minimum absolute atomic E-state index is 0. The topological polar surface area (TPSA) is 31.2 Å². The van der Waals surface area contributed by atoms with Gasteiger partial charge in [-0.15, -0.1) is 12.0 Å². The Hall–Kier alpha value is -1.37. The van der Waals surface area contributed by atoms with E-state index in [1.807, 2.05) is 25.1 Å². The number of rotatable bonds is 3. The van der Waals surface area contributed by atoms with Crippen molar-refractivity contribution in [3.05, 3.63) is 52.3 Å². The fourth-order valence-electron chi connectivity index (χ4n) is 1.95. The molecule has 2 rings (SSSR count). The van der Waals surface area contributed by atoms with Gasteiger partial charge in [0.1, 0.15) is 12.4 Å². The molecule has 0 aliphatic carbocycles. The number of hydrogen-bond acceptors (Lipinski definition) is 2. The molecule has 0 saturated heterocycles. The second-order valence-electron chi connectivity index (χ2n) is 4.42. The summed E-state index contributed by atoms with van der Waals surface area (Å²) in [5.74, 6) is 6.41. The van der Waals surface area contributed by atoms with E-state index in [1.165, 1.54) is 6.07 Å². The molecule has 1 aromatic carbocycles. The maximum atomic E-state index is 11.7. The van der Waals surface area contributed by atoms with Crippen molar-refractivity contribution in [2.75, 3.05) is 6.61 Å². The van der Waals surface area contributed by atoms with Gasteiger partial charge < -0.3 is 9.30 Å². The molecule has 0 saturated carbocycles. The average Bonchev–Trinajstić information content (AvgIpc) is 2.43. The first-order chi connectivity index (χ1) is 9.63. The van der Waals surface area contributed by atoms with Gasteiger partial charge in [-0.3, -0.25) is 4.79 Å². The van der Waals surface area contributed by atoms with Crippen LogP contribution in [0.5, 0.6) is 5.75 Å². The van der Waals surface area contributed by atoms with Crippen LogP contribution in [0.15, 0.2) is 35.1 Å². The van der Waals surface area contributed by atoms with Crippen molar-refractivity contribution >= 4 is 0 Å². The Morgan fingerprint density at radius 3 is 2.76 bits per heavy atom. The van der Waals surface area contributed by atoms with Crippen molar-refractivity contribution in [2.24, 2.45) is 7.05 Å². The van der Waals surface area contributed by atoms with Crippen LogP contribution in [0.25, 0.3) is 11.3 Å². The van der Waals surface area contributed by atoms with Gasteiger partial charge in [0.2, 0.25) is 0 Å². The SMILES string of the molecule is CC#CCOc1ccc(-c2[c-]ccc(=O)n2C)c(C)c1.[Y]. The molecule has 0 aliphatic rings. The molecule has 1 aromatic heterocycles. The predicted molar refractivity (Wildman–Crippen MR) is 79.6 cm³/mol. The van der Waals surface area contributed by atoms with Crippen molar-refractivity contribution < 1.29 is 37.4 Å². The Labute approximate surface area is 150 Å². The van der Waals surface area contributed by atoms with Gasteiger partial charge >= 0.3 is 0 Å². The van der Waals surface area contributed by atoms with E-state index in [2.05, 4.69) is 17.9 Å². The molecule has 21 heavy (non-hydrogen) atoms. The number of ether oxygens (including phenoxy) is 1. The number of benzene rings is 1. The molecule has 0 atom stereocenters. The fraction of sp³-hybridized carbons (Fsp3) is 0.235. The molecule has 0 N–H and O–H groups in total. The monoisotopic (exact) mass is 355 g/mol. The van der Waals surface area contributed by atoms with Crippen LogP contribution in [0.3, 0.4) is 0 Å². The zero-order valence-corrected chi connectivity index (χ0v) is 15.3. The van der Waals surface area contributed by atoms with Gasteiger partial charge in [0.25, 0.3) is 0 Å².